The molecule has 1 aromatic rings. The summed E-state index contributed by atoms with van der Waals surface area (Å²) < 4.78 is 65.8. The number of benzene rings is 1. The predicted octanol–water partition coefficient (Wildman–Crippen LogP) is 4.27. The van der Waals surface area contributed by atoms with Gasteiger partial charge in [0.15, 0.2) is 0 Å². The maximum atomic E-state index is 13.4. The van der Waals surface area contributed by atoms with Crippen molar-refractivity contribution in [2.24, 2.45) is 11.7 Å². The van der Waals surface area contributed by atoms with Gasteiger partial charge in [0.1, 0.15) is 12.6 Å². The molecule has 0 unspecified atom stereocenters. The van der Waals surface area contributed by atoms with Crippen LogP contribution in [0.4, 0.5) is 17.6 Å². The number of hydrogen-bond acceptors (Lipinski definition) is 7. The Morgan fingerprint density at radius 3 is 1.85 bits per heavy atom. The smallest absolute Gasteiger partial charge is 0.322 e. The van der Waals surface area contributed by atoms with E-state index >= 15 is 0 Å². The predicted molar refractivity (Wildman–Crippen MR) is 116 cm³/mol. The van der Waals surface area contributed by atoms with Crippen LogP contribution in [-0.4, -0.2) is 50.0 Å². The summed E-state index contributed by atoms with van der Waals surface area (Å²) in [6, 6.07) is 7.73. The molecule has 0 radical (unpaired) electrons. The summed E-state index contributed by atoms with van der Waals surface area (Å²) in [4.78, 5) is 33.9. The Balaban J connectivity index is 0.000000770. The average molecular weight is 496 g/mol. The molecular formula is C23H33F4NO6. The van der Waals surface area contributed by atoms with Gasteiger partial charge < -0.3 is 19.9 Å². The molecule has 0 saturated carbocycles. The fraction of sp³-hybridized carbons (Fsp3) is 0.609. The minimum atomic E-state index is -3.02. The van der Waals surface area contributed by atoms with Crippen LogP contribution in [0.2, 0.25) is 0 Å². The topological polar surface area (TPSA) is 105 Å². The van der Waals surface area contributed by atoms with E-state index in [4.69, 9.17) is 10.5 Å². The first-order valence-electron chi connectivity index (χ1n) is 10.7. The van der Waals surface area contributed by atoms with E-state index in [-0.39, 0.29) is 13.0 Å². The third kappa shape index (κ3) is 13.1. The van der Waals surface area contributed by atoms with Crippen LogP contribution >= 0.6 is 0 Å². The lowest BCUT2D eigenvalue weighted by Gasteiger charge is -2.20. The van der Waals surface area contributed by atoms with Crippen molar-refractivity contribution in [3.63, 3.8) is 0 Å². The van der Waals surface area contributed by atoms with Gasteiger partial charge in [0.2, 0.25) is 11.8 Å². The molecule has 1 rings (SSSR count). The molecule has 0 saturated heterocycles. The largest absolute Gasteiger partial charge is 0.469 e. The normalized spacial score (nSPS) is 13.1. The van der Waals surface area contributed by atoms with E-state index in [9.17, 15) is 31.9 Å². The quantitative estimate of drug-likeness (QED) is 0.262. The molecule has 0 aliphatic rings. The van der Waals surface area contributed by atoms with E-state index in [1.54, 1.807) is 24.3 Å². The number of methoxy groups -OCH3 is 2. The third-order valence-electron chi connectivity index (χ3n) is 4.79. The van der Waals surface area contributed by atoms with E-state index in [1.165, 1.54) is 13.8 Å². The highest BCUT2D eigenvalue weighted by Crippen LogP contribution is 2.29. The molecule has 2 atom stereocenters. The molecule has 0 aliphatic carbocycles. The van der Waals surface area contributed by atoms with Crippen molar-refractivity contribution in [2.75, 3.05) is 14.2 Å². The standard InChI is InChI=1S/C16H20F2O4.C7H13F2NO2/c1-3-16(17,18)10-13(15(20)21-2)9-14(19)22-11-12-7-5-4-6-8-12;1-3-7(8,9)4-5(10)6(11)12-2/h4-8,13H,3,9-11H2,1-2H3;5H,3-4,10H2,1-2H3/t13-;5-/m00/s1. The van der Waals surface area contributed by atoms with E-state index in [2.05, 4.69) is 9.47 Å². The molecule has 11 heteroatoms. The van der Waals surface area contributed by atoms with Gasteiger partial charge in [-0.3, -0.25) is 14.4 Å². The van der Waals surface area contributed by atoms with Gasteiger partial charge in [-0.25, -0.2) is 17.6 Å². The molecular weight excluding hydrogens is 462 g/mol. The fourth-order valence-corrected chi connectivity index (χ4v) is 2.61. The van der Waals surface area contributed by atoms with Gasteiger partial charge in [0, 0.05) is 25.7 Å². The van der Waals surface area contributed by atoms with Crippen molar-refractivity contribution in [1.82, 2.24) is 0 Å². The summed E-state index contributed by atoms with van der Waals surface area (Å²) in [5.74, 6) is -9.44. The van der Waals surface area contributed by atoms with Gasteiger partial charge in [-0.15, -0.1) is 0 Å². The van der Waals surface area contributed by atoms with Gasteiger partial charge in [-0.1, -0.05) is 44.2 Å². The van der Waals surface area contributed by atoms with Crippen LogP contribution in [0.3, 0.4) is 0 Å². The van der Waals surface area contributed by atoms with E-state index in [0.717, 1.165) is 19.8 Å². The number of nitrogens with two attached hydrogens (primary N) is 1. The maximum absolute atomic E-state index is 13.4. The van der Waals surface area contributed by atoms with Crippen molar-refractivity contribution in [3.05, 3.63) is 35.9 Å². The summed E-state index contributed by atoms with van der Waals surface area (Å²) in [6.45, 7) is 2.70. The average Bonchev–Trinajstić information content (AvgIpc) is 2.81. The Labute approximate surface area is 196 Å². The summed E-state index contributed by atoms with van der Waals surface area (Å²) in [6.07, 6.45) is -2.53. The summed E-state index contributed by atoms with van der Waals surface area (Å²) in [7, 11) is 2.22. The Kier molecular flexibility index (Phi) is 14.1. The number of alkyl halides is 4. The van der Waals surface area contributed by atoms with Crippen molar-refractivity contribution >= 4 is 17.9 Å². The number of esters is 3. The molecule has 0 heterocycles. The maximum Gasteiger partial charge on any atom is 0.322 e. The van der Waals surface area contributed by atoms with E-state index < -0.39 is 67.4 Å². The molecule has 0 aromatic heterocycles. The molecule has 194 valence electrons. The van der Waals surface area contributed by atoms with Gasteiger partial charge in [-0.05, 0) is 5.56 Å². The number of hydrogen-bond donors (Lipinski definition) is 1. The summed E-state index contributed by atoms with van der Waals surface area (Å²) in [5, 5.41) is 0. The third-order valence-corrected chi connectivity index (χ3v) is 4.79. The SMILES string of the molecule is CCC(F)(F)C[C@H](CC(=O)OCc1ccccc1)C(=O)OC.CCC(F)(F)C[C@H](N)C(=O)OC. The van der Waals surface area contributed by atoms with Gasteiger partial charge in [0.05, 0.1) is 26.6 Å². The van der Waals surface area contributed by atoms with Crippen LogP contribution in [0.5, 0.6) is 0 Å². The van der Waals surface area contributed by atoms with Crippen molar-refractivity contribution in [2.45, 2.75) is 70.4 Å². The minimum Gasteiger partial charge on any atom is -0.469 e. The molecule has 0 amide bonds. The van der Waals surface area contributed by atoms with Crippen LogP contribution in [0.1, 0.15) is 51.5 Å². The van der Waals surface area contributed by atoms with Crippen LogP contribution in [-0.2, 0) is 35.2 Å². The van der Waals surface area contributed by atoms with Crippen molar-refractivity contribution in [3.8, 4) is 0 Å². The lowest BCUT2D eigenvalue weighted by Crippen LogP contribution is -2.37. The van der Waals surface area contributed by atoms with Crippen LogP contribution < -0.4 is 5.73 Å². The molecule has 0 bridgehead atoms. The van der Waals surface area contributed by atoms with Gasteiger partial charge in [0.25, 0.3) is 0 Å². The molecule has 0 fully saturated rings. The van der Waals surface area contributed by atoms with E-state index in [0.29, 0.717) is 0 Å². The highest BCUT2D eigenvalue weighted by molar-refractivity contribution is 5.80. The van der Waals surface area contributed by atoms with Crippen LogP contribution in [0, 0.1) is 5.92 Å². The first-order chi connectivity index (χ1) is 15.8. The molecule has 7 nitrogen and oxygen atoms in total. The number of carbonyl (C=O) groups excluding carboxylic acids is 3. The second kappa shape index (κ2) is 15.3. The Hall–Kier alpha value is -2.69. The minimum absolute atomic E-state index is 0.0394. The van der Waals surface area contributed by atoms with Crippen molar-refractivity contribution < 1.29 is 46.2 Å². The van der Waals surface area contributed by atoms with E-state index in [1.807, 2.05) is 6.07 Å². The number of ether oxygens (including phenoxy) is 3. The second-order valence-electron chi connectivity index (χ2n) is 7.53. The molecule has 0 aliphatic heterocycles. The summed E-state index contributed by atoms with van der Waals surface area (Å²) in [5.41, 5.74) is 5.92. The fourth-order valence-electron chi connectivity index (χ4n) is 2.61. The van der Waals surface area contributed by atoms with Gasteiger partial charge in [-0.2, -0.15) is 0 Å². The molecule has 2 N–H and O–H groups in total. The van der Waals surface area contributed by atoms with Crippen molar-refractivity contribution in [1.29, 1.82) is 0 Å². The highest BCUT2D eigenvalue weighted by Gasteiger charge is 2.36. The Morgan fingerprint density at radius 1 is 0.882 bits per heavy atom. The van der Waals surface area contributed by atoms with Crippen LogP contribution in [0.15, 0.2) is 30.3 Å². The Morgan fingerprint density at radius 2 is 1.38 bits per heavy atom. The first kappa shape index (κ1) is 31.3. The summed E-state index contributed by atoms with van der Waals surface area (Å²) >= 11 is 0. The zero-order valence-corrected chi connectivity index (χ0v) is 19.8. The molecule has 1 aromatic carbocycles. The first-order valence-corrected chi connectivity index (χ1v) is 10.7. The number of rotatable bonds is 12. The van der Waals surface area contributed by atoms with Crippen LogP contribution in [0.25, 0.3) is 0 Å². The molecule has 34 heavy (non-hydrogen) atoms. The lowest BCUT2D eigenvalue weighted by molar-refractivity contribution is -0.157. The zero-order valence-electron chi connectivity index (χ0n) is 19.8. The van der Waals surface area contributed by atoms with Gasteiger partial charge >= 0.3 is 17.9 Å². The highest BCUT2D eigenvalue weighted by atomic mass is 19.3. The molecule has 0 spiro atoms. The monoisotopic (exact) mass is 495 g/mol. The number of carbonyl (C=O) groups is 3. The lowest BCUT2D eigenvalue weighted by atomic mass is 9.96. The Bertz CT molecular complexity index is 761. The second-order valence-corrected chi connectivity index (χ2v) is 7.53. The number of halogens is 4. The zero-order chi connectivity index (χ0) is 26.4.